The smallest absolute Gasteiger partial charge is 0.416 e. The van der Waals surface area contributed by atoms with Crippen molar-refractivity contribution in [2.45, 2.75) is 57.7 Å². The van der Waals surface area contributed by atoms with Gasteiger partial charge in [-0.15, -0.1) is 0 Å². The minimum atomic E-state index is -4.48. The Morgan fingerprint density at radius 2 is 1.76 bits per heavy atom. The molecule has 0 saturated carbocycles. The van der Waals surface area contributed by atoms with Crippen molar-refractivity contribution in [2.75, 3.05) is 13.1 Å². The molecule has 0 radical (unpaired) electrons. The molecule has 1 heterocycles. The molecule has 33 heavy (non-hydrogen) atoms. The number of aliphatic carboxylic acids is 1. The second-order valence-electron chi connectivity index (χ2n) is 9.13. The Bertz CT molecular complexity index is 970. The Morgan fingerprint density at radius 3 is 2.27 bits per heavy atom. The number of carboxylic acids is 1. The minimum Gasteiger partial charge on any atom is -0.481 e. The predicted octanol–water partition coefficient (Wildman–Crippen LogP) is 6.82. The molecule has 0 amide bonds. The first-order valence-electron chi connectivity index (χ1n) is 11.0. The lowest BCUT2D eigenvalue weighted by atomic mass is 9.88. The third-order valence-corrected chi connectivity index (χ3v) is 6.01. The molecule has 0 spiro atoms. The quantitative estimate of drug-likeness (QED) is 0.432. The number of rotatable bonds is 8. The third kappa shape index (κ3) is 6.53. The first-order chi connectivity index (χ1) is 15.4. The van der Waals surface area contributed by atoms with Crippen LogP contribution in [0.15, 0.2) is 42.5 Å². The SMILES string of the molecule is CC(C)CCC(c1ccc(CC(=O)O)cc1-c1ccc(C(F)(F)F)cc1)N1CCC(F)(F)C1. The van der Waals surface area contributed by atoms with Crippen LogP contribution in [0.4, 0.5) is 22.0 Å². The van der Waals surface area contributed by atoms with Crippen molar-refractivity contribution in [2.24, 2.45) is 5.92 Å². The minimum absolute atomic E-state index is 0.221. The zero-order valence-electron chi connectivity index (χ0n) is 18.6. The molecule has 1 aliphatic rings. The largest absolute Gasteiger partial charge is 0.481 e. The number of halogens is 5. The van der Waals surface area contributed by atoms with Gasteiger partial charge in [0.25, 0.3) is 5.92 Å². The Kier molecular flexibility index (Phi) is 7.46. The molecule has 0 aromatic heterocycles. The van der Waals surface area contributed by atoms with Gasteiger partial charge in [0.1, 0.15) is 0 Å². The first-order valence-corrected chi connectivity index (χ1v) is 11.0. The lowest BCUT2D eigenvalue weighted by Gasteiger charge is -2.31. The summed E-state index contributed by atoms with van der Waals surface area (Å²) >= 11 is 0. The van der Waals surface area contributed by atoms with Crippen LogP contribution in [0, 0.1) is 5.92 Å². The highest BCUT2D eigenvalue weighted by molar-refractivity contribution is 5.74. The van der Waals surface area contributed by atoms with E-state index in [0.717, 1.165) is 24.1 Å². The molecular weight excluding hydrogens is 441 g/mol. The van der Waals surface area contributed by atoms with Crippen molar-refractivity contribution in [1.82, 2.24) is 4.90 Å². The molecular formula is C25H28F5NO2. The summed E-state index contributed by atoms with van der Waals surface area (Å²) < 4.78 is 67.2. The molecule has 1 N–H and O–H groups in total. The van der Waals surface area contributed by atoms with Crippen molar-refractivity contribution >= 4 is 5.97 Å². The molecule has 1 saturated heterocycles. The van der Waals surface area contributed by atoms with Gasteiger partial charge in [-0.2, -0.15) is 13.2 Å². The Hall–Kier alpha value is -2.48. The molecule has 1 atom stereocenters. The fraction of sp³-hybridized carbons (Fsp3) is 0.480. The number of alkyl halides is 5. The predicted molar refractivity (Wildman–Crippen MR) is 116 cm³/mol. The van der Waals surface area contributed by atoms with E-state index < -0.39 is 23.6 Å². The van der Waals surface area contributed by atoms with Crippen LogP contribution in [-0.4, -0.2) is 35.0 Å². The van der Waals surface area contributed by atoms with Crippen LogP contribution in [0.3, 0.4) is 0 Å². The monoisotopic (exact) mass is 469 g/mol. The van der Waals surface area contributed by atoms with Crippen LogP contribution in [-0.2, 0) is 17.4 Å². The maximum Gasteiger partial charge on any atom is 0.416 e. The highest BCUT2D eigenvalue weighted by atomic mass is 19.4. The van der Waals surface area contributed by atoms with Gasteiger partial charge in [-0.3, -0.25) is 9.69 Å². The maximum atomic E-state index is 14.0. The van der Waals surface area contributed by atoms with E-state index in [4.69, 9.17) is 0 Å². The van der Waals surface area contributed by atoms with Crippen LogP contribution in [0.1, 0.15) is 55.8 Å². The topological polar surface area (TPSA) is 40.5 Å². The Balaban J connectivity index is 2.08. The summed E-state index contributed by atoms with van der Waals surface area (Å²) in [5.41, 5.74) is 1.50. The summed E-state index contributed by atoms with van der Waals surface area (Å²) in [4.78, 5) is 13.0. The number of likely N-dealkylation sites (tertiary alicyclic amines) is 1. The lowest BCUT2D eigenvalue weighted by Crippen LogP contribution is -2.30. The molecule has 0 aliphatic carbocycles. The summed E-state index contributed by atoms with van der Waals surface area (Å²) in [7, 11) is 0. The molecule has 3 rings (SSSR count). The van der Waals surface area contributed by atoms with E-state index in [0.29, 0.717) is 29.0 Å². The van der Waals surface area contributed by atoms with E-state index in [2.05, 4.69) is 0 Å². The molecule has 3 nitrogen and oxygen atoms in total. The molecule has 2 aromatic carbocycles. The average Bonchev–Trinajstić information content (AvgIpc) is 3.07. The molecule has 1 unspecified atom stereocenters. The number of nitrogens with zero attached hydrogens (tertiary/aromatic N) is 1. The van der Waals surface area contributed by atoms with Crippen LogP contribution < -0.4 is 0 Å². The van der Waals surface area contributed by atoms with Crippen molar-refractivity contribution in [3.63, 3.8) is 0 Å². The average molecular weight is 469 g/mol. The Morgan fingerprint density at radius 1 is 1.09 bits per heavy atom. The maximum absolute atomic E-state index is 14.0. The van der Waals surface area contributed by atoms with E-state index in [1.807, 2.05) is 13.8 Å². The normalized spacial score (nSPS) is 17.5. The van der Waals surface area contributed by atoms with E-state index in [-0.39, 0.29) is 32.0 Å². The summed E-state index contributed by atoms with van der Waals surface area (Å²) in [6, 6.07) is 9.38. The molecule has 8 heteroatoms. The molecule has 0 bridgehead atoms. The molecule has 180 valence electrons. The van der Waals surface area contributed by atoms with Crippen LogP contribution in [0.2, 0.25) is 0 Å². The Labute approximate surface area is 190 Å². The van der Waals surface area contributed by atoms with Crippen molar-refractivity contribution in [3.05, 3.63) is 59.2 Å². The molecule has 1 fully saturated rings. The summed E-state index contributed by atoms with van der Waals surface area (Å²) in [6.45, 7) is 3.93. The van der Waals surface area contributed by atoms with Crippen molar-refractivity contribution in [1.29, 1.82) is 0 Å². The van der Waals surface area contributed by atoms with Gasteiger partial charge in [0.15, 0.2) is 0 Å². The van der Waals surface area contributed by atoms with Crippen molar-refractivity contribution in [3.8, 4) is 11.1 Å². The highest BCUT2D eigenvalue weighted by Crippen LogP contribution is 2.41. The second kappa shape index (κ2) is 9.79. The zero-order chi connectivity index (χ0) is 24.4. The number of hydrogen-bond acceptors (Lipinski definition) is 2. The van der Waals surface area contributed by atoms with Gasteiger partial charge in [-0.25, -0.2) is 8.78 Å². The van der Waals surface area contributed by atoms with E-state index in [1.54, 1.807) is 23.1 Å². The highest BCUT2D eigenvalue weighted by Gasteiger charge is 2.41. The van der Waals surface area contributed by atoms with E-state index in [9.17, 15) is 31.9 Å². The molecule has 1 aliphatic heterocycles. The van der Waals surface area contributed by atoms with Crippen LogP contribution in [0.25, 0.3) is 11.1 Å². The van der Waals surface area contributed by atoms with Gasteiger partial charge < -0.3 is 5.11 Å². The van der Waals surface area contributed by atoms with E-state index >= 15 is 0 Å². The number of hydrogen-bond donors (Lipinski definition) is 1. The summed E-state index contributed by atoms with van der Waals surface area (Å²) in [5.74, 6) is -3.47. The van der Waals surface area contributed by atoms with Gasteiger partial charge in [0, 0.05) is 19.0 Å². The van der Waals surface area contributed by atoms with Gasteiger partial charge >= 0.3 is 12.1 Å². The second-order valence-corrected chi connectivity index (χ2v) is 9.13. The number of carboxylic acid groups (broad SMARTS) is 1. The summed E-state index contributed by atoms with van der Waals surface area (Å²) in [5, 5.41) is 9.19. The van der Waals surface area contributed by atoms with Gasteiger partial charge in [-0.1, -0.05) is 44.2 Å². The van der Waals surface area contributed by atoms with Crippen LogP contribution in [0.5, 0.6) is 0 Å². The number of benzene rings is 2. The van der Waals surface area contributed by atoms with Crippen LogP contribution >= 0.6 is 0 Å². The first kappa shape index (κ1) is 25.1. The fourth-order valence-corrected chi connectivity index (χ4v) is 4.32. The van der Waals surface area contributed by atoms with E-state index in [1.165, 1.54) is 12.1 Å². The number of carbonyl (C=O) groups is 1. The van der Waals surface area contributed by atoms with Gasteiger partial charge in [-0.05, 0) is 53.1 Å². The van der Waals surface area contributed by atoms with Crippen molar-refractivity contribution < 1.29 is 31.9 Å². The summed E-state index contributed by atoms with van der Waals surface area (Å²) in [6.07, 6.45) is -3.56. The fourth-order valence-electron chi connectivity index (χ4n) is 4.32. The lowest BCUT2D eigenvalue weighted by molar-refractivity contribution is -0.138. The van der Waals surface area contributed by atoms with Gasteiger partial charge in [0.05, 0.1) is 18.5 Å². The molecule has 2 aromatic rings. The van der Waals surface area contributed by atoms with Gasteiger partial charge in [0.2, 0.25) is 0 Å². The third-order valence-electron chi connectivity index (χ3n) is 6.01. The zero-order valence-corrected chi connectivity index (χ0v) is 18.6. The standard InChI is InChI=1S/C25H28F5NO2/c1-16(2)3-10-22(31-12-11-24(26,27)15-31)20-9-4-17(14-23(32)33)13-21(20)18-5-7-19(8-6-18)25(28,29)30/h4-9,13,16,22H,3,10-12,14-15H2,1-2H3,(H,32,33).